The van der Waals surface area contributed by atoms with Gasteiger partial charge in [0, 0.05) is 32.0 Å². The monoisotopic (exact) mass is 325 g/mol. The van der Waals surface area contributed by atoms with E-state index in [4.69, 9.17) is 0 Å². The molecule has 0 radical (unpaired) electrons. The van der Waals surface area contributed by atoms with Crippen LogP contribution in [0, 0.1) is 5.41 Å². The standard InChI is InChI=1S/C17H31N3O3/c1-16(8-11-19(3)12-9-16)15(22)20-10-4-6-17(23,13-20)7-5-14(21)18-2/h23H,4-13H2,1-3H3,(H,18,21)/t17-/m0/s1. The van der Waals surface area contributed by atoms with Crippen LogP contribution in [0.15, 0.2) is 0 Å². The lowest BCUT2D eigenvalue weighted by Gasteiger charge is -2.45. The minimum Gasteiger partial charge on any atom is -0.388 e. The second-order valence-corrected chi connectivity index (χ2v) is 7.59. The van der Waals surface area contributed by atoms with Crippen LogP contribution >= 0.6 is 0 Å². The van der Waals surface area contributed by atoms with Gasteiger partial charge in [-0.2, -0.15) is 0 Å². The number of hydrogen-bond acceptors (Lipinski definition) is 4. The zero-order valence-electron chi connectivity index (χ0n) is 14.7. The molecule has 0 unspecified atom stereocenters. The first-order valence-corrected chi connectivity index (χ1v) is 8.69. The van der Waals surface area contributed by atoms with Crippen LogP contribution in [-0.2, 0) is 9.59 Å². The number of piperidine rings is 2. The molecular weight excluding hydrogens is 294 g/mol. The van der Waals surface area contributed by atoms with E-state index in [9.17, 15) is 14.7 Å². The van der Waals surface area contributed by atoms with Crippen LogP contribution in [0.3, 0.4) is 0 Å². The molecule has 1 atom stereocenters. The SMILES string of the molecule is CNC(=O)CC[C@@]1(O)CCCN(C(=O)C2(C)CCN(C)CC2)C1. The molecule has 0 saturated carbocycles. The van der Waals surface area contributed by atoms with Crippen LogP contribution < -0.4 is 5.32 Å². The molecule has 2 aliphatic heterocycles. The summed E-state index contributed by atoms with van der Waals surface area (Å²) in [5.74, 6) is 0.104. The molecule has 2 rings (SSSR count). The summed E-state index contributed by atoms with van der Waals surface area (Å²) < 4.78 is 0. The first kappa shape index (κ1) is 18.2. The Bertz CT molecular complexity index is 446. The summed E-state index contributed by atoms with van der Waals surface area (Å²) in [5.41, 5.74) is -1.24. The lowest BCUT2D eigenvalue weighted by atomic mass is 9.78. The molecule has 2 amide bonds. The Morgan fingerprint density at radius 1 is 1.17 bits per heavy atom. The molecule has 0 spiro atoms. The van der Waals surface area contributed by atoms with Gasteiger partial charge in [-0.1, -0.05) is 6.92 Å². The van der Waals surface area contributed by atoms with Crippen molar-refractivity contribution in [2.75, 3.05) is 40.3 Å². The summed E-state index contributed by atoms with van der Waals surface area (Å²) in [5, 5.41) is 13.4. The van der Waals surface area contributed by atoms with Crippen LogP contribution in [0.4, 0.5) is 0 Å². The largest absolute Gasteiger partial charge is 0.388 e. The Labute approximate surface area is 139 Å². The van der Waals surface area contributed by atoms with Gasteiger partial charge in [-0.25, -0.2) is 0 Å². The van der Waals surface area contributed by atoms with Gasteiger partial charge >= 0.3 is 0 Å². The van der Waals surface area contributed by atoms with Gasteiger partial charge in [0.2, 0.25) is 11.8 Å². The Balaban J connectivity index is 1.97. The van der Waals surface area contributed by atoms with Crippen molar-refractivity contribution in [1.82, 2.24) is 15.1 Å². The number of nitrogens with one attached hydrogen (secondary N) is 1. The Kier molecular flexibility index (Phi) is 5.68. The number of amides is 2. The van der Waals surface area contributed by atoms with Gasteiger partial charge in [-0.3, -0.25) is 9.59 Å². The lowest BCUT2D eigenvalue weighted by molar-refractivity contribution is -0.151. The summed E-state index contributed by atoms with van der Waals surface area (Å²) >= 11 is 0. The third kappa shape index (κ3) is 4.44. The Hall–Kier alpha value is -1.14. The maximum absolute atomic E-state index is 13.0. The van der Waals surface area contributed by atoms with Gasteiger partial charge in [0.25, 0.3) is 0 Å². The van der Waals surface area contributed by atoms with Crippen molar-refractivity contribution in [1.29, 1.82) is 0 Å². The molecule has 6 heteroatoms. The van der Waals surface area contributed by atoms with Crippen molar-refractivity contribution < 1.29 is 14.7 Å². The predicted molar refractivity (Wildman–Crippen MR) is 88.9 cm³/mol. The lowest BCUT2D eigenvalue weighted by Crippen LogP contribution is -2.55. The van der Waals surface area contributed by atoms with E-state index < -0.39 is 5.60 Å². The maximum atomic E-state index is 13.0. The van der Waals surface area contributed by atoms with E-state index in [1.165, 1.54) is 0 Å². The Morgan fingerprint density at radius 3 is 2.43 bits per heavy atom. The zero-order valence-corrected chi connectivity index (χ0v) is 14.7. The highest BCUT2D eigenvalue weighted by Crippen LogP contribution is 2.35. The highest BCUT2D eigenvalue weighted by molar-refractivity contribution is 5.82. The highest BCUT2D eigenvalue weighted by atomic mass is 16.3. The Morgan fingerprint density at radius 2 is 1.83 bits per heavy atom. The van der Waals surface area contributed by atoms with E-state index in [2.05, 4.69) is 24.2 Å². The molecule has 0 aromatic rings. The molecule has 0 bridgehead atoms. The number of hydrogen-bond donors (Lipinski definition) is 2. The molecule has 0 aromatic carbocycles. The third-order valence-electron chi connectivity index (χ3n) is 5.55. The average Bonchev–Trinajstić information content (AvgIpc) is 2.55. The molecule has 132 valence electrons. The topological polar surface area (TPSA) is 72.9 Å². The maximum Gasteiger partial charge on any atom is 0.228 e. The number of nitrogens with zero attached hydrogens (tertiary/aromatic N) is 2. The molecule has 6 nitrogen and oxygen atoms in total. The number of carbonyl (C=O) groups is 2. The molecule has 0 aromatic heterocycles. The molecule has 2 N–H and O–H groups in total. The quantitative estimate of drug-likeness (QED) is 0.794. The van der Waals surface area contributed by atoms with Crippen molar-refractivity contribution in [3.8, 4) is 0 Å². The first-order chi connectivity index (χ1) is 10.8. The molecule has 2 aliphatic rings. The van der Waals surface area contributed by atoms with Crippen LogP contribution in [0.25, 0.3) is 0 Å². The number of aliphatic hydroxyl groups is 1. The molecule has 2 fully saturated rings. The third-order valence-corrected chi connectivity index (χ3v) is 5.55. The second-order valence-electron chi connectivity index (χ2n) is 7.59. The van der Waals surface area contributed by atoms with Gasteiger partial charge in [-0.05, 0) is 52.2 Å². The molecule has 2 heterocycles. The van der Waals surface area contributed by atoms with Crippen molar-refractivity contribution >= 4 is 11.8 Å². The second kappa shape index (κ2) is 7.18. The normalized spacial score (nSPS) is 28.4. The van der Waals surface area contributed by atoms with Gasteiger partial charge in [-0.15, -0.1) is 0 Å². The smallest absolute Gasteiger partial charge is 0.228 e. The van der Waals surface area contributed by atoms with E-state index in [-0.39, 0.29) is 17.2 Å². The molecular formula is C17H31N3O3. The van der Waals surface area contributed by atoms with Crippen molar-refractivity contribution in [3.05, 3.63) is 0 Å². The number of carbonyl (C=O) groups excluding carboxylic acids is 2. The summed E-state index contributed by atoms with van der Waals surface area (Å²) in [6, 6.07) is 0. The summed E-state index contributed by atoms with van der Waals surface area (Å²) in [6.45, 7) is 5.01. The van der Waals surface area contributed by atoms with E-state index in [1.807, 2.05) is 4.90 Å². The zero-order chi connectivity index (χ0) is 17.1. The van der Waals surface area contributed by atoms with Gasteiger partial charge in [0.05, 0.1) is 5.60 Å². The molecule has 2 saturated heterocycles. The molecule has 0 aliphatic carbocycles. The van der Waals surface area contributed by atoms with Gasteiger partial charge < -0.3 is 20.2 Å². The first-order valence-electron chi connectivity index (χ1n) is 8.69. The van der Waals surface area contributed by atoms with Crippen molar-refractivity contribution in [2.45, 2.75) is 51.0 Å². The van der Waals surface area contributed by atoms with Gasteiger partial charge in [0.15, 0.2) is 0 Å². The van der Waals surface area contributed by atoms with Crippen molar-refractivity contribution in [2.24, 2.45) is 5.41 Å². The summed E-state index contributed by atoms with van der Waals surface area (Å²) in [6.07, 6.45) is 3.91. The van der Waals surface area contributed by atoms with Crippen LogP contribution in [0.5, 0.6) is 0 Å². The minimum atomic E-state index is -0.928. The van der Waals surface area contributed by atoms with Gasteiger partial charge in [0.1, 0.15) is 0 Å². The van der Waals surface area contributed by atoms with E-state index in [1.54, 1.807) is 7.05 Å². The average molecular weight is 325 g/mol. The van der Waals surface area contributed by atoms with Crippen molar-refractivity contribution in [3.63, 3.8) is 0 Å². The molecule has 23 heavy (non-hydrogen) atoms. The fraction of sp³-hybridized carbons (Fsp3) is 0.882. The van der Waals surface area contributed by atoms with E-state index in [0.29, 0.717) is 32.4 Å². The number of β-amino-alcohol motifs (C(OH)–C–C–N with tert-alkyl or cyclic N) is 1. The highest BCUT2D eigenvalue weighted by Gasteiger charge is 2.43. The fourth-order valence-corrected chi connectivity index (χ4v) is 3.67. The fourth-order valence-electron chi connectivity index (χ4n) is 3.67. The van der Waals surface area contributed by atoms with Crippen LogP contribution in [0.1, 0.15) is 45.4 Å². The minimum absolute atomic E-state index is 0.0656. The number of rotatable bonds is 4. The summed E-state index contributed by atoms with van der Waals surface area (Å²) in [4.78, 5) is 28.5. The summed E-state index contributed by atoms with van der Waals surface area (Å²) in [7, 11) is 3.69. The van der Waals surface area contributed by atoms with E-state index in [0.717, 1.165) is 32.4 Å². The van der Waals surface area contributed by atoms with Crippen LogP contribution in [0.2, 0.25) is 0 Å². The predicted octanol–water partition coefficient (Wildman–Crippen LogP) is 0.598. The number of likely N-dealkylation sites (tertiary alicyclic amines) is 2. The van der Waals surface area contributed by atoms with E-state index >= 15 is 0 Å². The van der Waals surface area contributed by atoms with Crippen LogP contribution in [-0.4, -0.2) is 72.6 Å².